The molecule has 0 bridgehead atoms. The predicted octanol–water partition coefficient (Wildman–Crippen LogP) is 2.21. The van der Waals surface area contributed by atoms with E-state index in [0.29, 0.717) is 13.0 Å². The lowest BCUT2D eigenvalue weighted by Crippen LogP contribution is -2.48. The minimum absolute atomic E-state index is 0.0156. The number of hydrogen-bond acceptors (Lipinski definition) is 3. The molecule has 1 atom stereocenters. The normalized spacial score (nSPS) is 21.3. The number of piperidine rings is 1. The maximum Gasteiger partial charge on any atom is 0.249 e. The lowest BCUT2D eigenvalue weighted by atomic mass is 10.0. The van der Waals surface area contributed by atoms with Gasteiger partial charge in [-0.1, -0.05) is 24.3 Å². The second-order valence-electron chi connectivity index (χ2n) is 7.09. The van der Waals surface area contributed by atoms with Crippen LogP contribution in [0.5, 0.6) is 0 Å². The fourth-order valence-electron chi connectivity index (χ4n) is 3.64. The second-order valence-corrected chi connectivity index (χ2v) is 7.09. The second kappa shape index (κ2) is 8.48. The number of ether oxygens (including phenoxy) is 1. The summed E-state index contributed by atoms with van der Waals surface area (Å²) < 4.78 is 5.42. The predicted molar refractivity (Wildman–Crippen MR) is 96.2 cm³/mol. The molecule has 25 heavy (non-hydrogen) atoms. The third kappa shape index (κ3) is 4.82. The standard InChI is InChI=1S/C20H28N2O3/c1-15-5-2-3-6-16(15)8-9-19(23)22-12-10-17(11-13-22)21-20(24)18-7-4-14-25-18/h2-3,5-6,17-18H,4,7-14H2,1H3,(H,21,24). The summed E-state index contributed by atoms with van der Waals surface area (Å²) >= 11 is 0. The molecule has 0 saturated carbocycles. The van der Waals surface area contributed by atoms with Gasteiger partial charge in [0.25, 0.3) is 0 Å². The van der Waals surface area contributed by atoms with Gasteiger partial charge in [-0.25, -0.2) is 0 Å². The number of nitrogens with one attached hydrogen (secondary N) is 1. The molecule has 2 aliphatic heterocycles. The van der Waals surface area contributed by atoms with E-state index in [4.69, 9.17) is 4.74 Å². The molecule has 1 unspecified atom stereocenters. The Balaban J connectivity index is 1.40. The lowest BCUT2D eigenvalue weighted by Gasteiger charge is -2.33. The molecule has 1 aromatic carbocycles. The zero-order valence-electron chi connectivity index (χ0n) is 15.0. The van der Waals surface area contributed by atoms with Crippen LogP contribution in [0.25, 0.3) is 0 Å². The van der Waals surface area contributed by atoms with Gasteiger partial charge in [0.1, 0.15) is 6.10 Å². The molecule has 1 N–H and O–H groups in total. The highest BCUT2D eigenvalue weighted by atomic mass is 16.5. The summed E-state index contributed by atoms with van der Waals surface area (Å²) in [6.45, 7) is 4.22. The van der Waals surface area contributed by atoms with Crippen LogP contribution in [-0.2, 0) is 20.7 Å². The number of carbonyl (C=O) groups excluding carboxylic acids is 2. The number of carbonyl (C=O) groups is 2. The highest BCUT2D eigenvalue weighted by molar-refractivity contribution is 5.81. The highest BCUT2D eigenvalue weighted by Gasteiger charge is 2.28. The van der Waals surface area contributed by atoms with Crippen molar-refractivity contribution in [1.82, 2.24) is 10.2 Å². The molecule has 136 valence electrons. The van der Waals surface area contributed by atoms with Gasteiger partial charge in [-0.2, -0.15) is 0 Å². The molecule has 0 aliphatic carbocycles. The summed E-state index contributed by atoms with van der Waals surface area (Å²) in [6, 6.07) is 8.39. The van der Waals surface area contributed by atoms with Crippen LogP contribution in [-0.4, -0.2) is 48.6 Å². The minimum Gasteiger partial charge on any atom is -0.368 e. The van der Waals surface area contributed by atoms with Gasteiger partial charge in [-0.3, -0.25) is 9.59 Å². The molecule has 2 saturated heterocycles. The number of likely N-dealkylation sites (tertiary alicyclic amines) is 1. The van der Waals surface area contributed by atoms with Crippen molar-refractivity contribution in [3.05, 3.63) is 35.4 Å². The maximum atomic E-state index is 12.4. The van der Waals surface area contributed by atoms with Crippen molar-refractivity contribution in [2.24, 2.45) is 0 Å². The van der Waals surface area contributed by atoms with Crippen LogP contribution in [0, 0.1) is 6.92 Å². The van der Waals surface area contributed by atoms with Crippen LogP contribution in [0.4, 0.5) is 0 Å². The van der Waals surface area contributed by atoms with Gasteiger partial charge in [0.2, 0.25) is 11.8 Å². The molecule has 2 aliphatic rings. The van der Waals surface area contributed by atoms with Gasteiger partial charge in [-0.05, 0) is 50.2 Å². The topological polar surface area (TPSA) is 58.6 Å². The van der Waals surface area contributed by atoms with Crippen molar-refractivity contribution >= 4 is 11.8 Å². The van der Waals surface area contributed by atoms with Crippen molar-refractivity contribution in [2.45, 2.75) is 57.6 Å². The van der Waals surface area contributed by atoms with Gasteiger partial charge in [0.15, 0.2) is 0 Å². The van der Waals surface area contributed by atoms with Crippen LogP contribution < -0.4 is 5.32 Å². The van der Waals surface area contributed by atoms with E-state index < -0.39 is 0 Å². The number of benzene rings is 1. The van der Waals surface area contributed by atoms with Crippen molar-refractivity contribution in [3.63, 3.8) is 0 Å². The van der Waals surface area contributed by atoms with Crippen molar-refractivity contribution in [1.29, 1.82) is 0 Å². The molecular weight excluding hydrogens is 316 g/mol. The Morgan fingerprint density at radius 3 is 2.64 bits per heavy atom. The minimum atomic E-state index is -0.270. The first-order valence-electron chi connectivity index (χ1n) is 9.38. The average Bonchev–Trinajstić information content (AvgIpc) is 3.16. The lowest BCUT2D eigenvalue weighted by molar-refractivity contribution is -0.133. The summed E-state index contributed by atoms with van der Waals surface area (Å²) in [5.74, 6) is 0.231. The molecular formula is C20H28N2O3. The van der Waals surface area contributed by atoms with Crippen LogP contribution >= 0.6 is 0 Å². The molecule has 0 spiro atoms. The largest absolute Gasteiger partial charge is 0.368 e. The molecule has 1 aromatic rings. The first-order chi connectivity index (χ1) is 12.1. The first-order valence-corrected chi connectivity index (χ1v) is 9.38. The van der Waals surface area contributed by atoms with Gasteiger partial charge >= 0.3 is 0 Å². The SMILES string of the molecule is Cc1ccccc1CCC(=O)N1CCC(NC(=O)C2CCCO2)CC1. The van der Waals surface area contributed by atoms with Gasteiger partial charge in [0.05, 0.1) is 0 Å². The van der Waals surface area contributed by atoms with E-state index in [0.717, 1.165) is 45.2 Å². The Morgan fingerprint density at radius 1 is 1.20 bits per heavy atom. The number of rotatable bonds is 5. The highest BCUT2D eigenvalue weighted by Crippen LogP contribution is 2.16. The number of aryl methyl sites for hydroxylation is 2. The quantitative estimate of drug-likeness (QED) is 0.891. The molecule has 0 radical (unpaired) electrons. The summed E-state index contributed by atoms with van der Waals surface area (Å²) in [7, 11) is 0. The zero-order valence-corrected chi connectivity index (χ0v) is 15.0. The Morgan fingerprint density at radius 2 is 1.96 bits per heavy atom. The van der Waals surface area contributed by atoms with Crippen LogP contribution in [0.2, 0.25) is 0 Å². The van der Waals surface area contributed by atoms with E-state index >= 15 is 0 Å². The number of nitrogens with zero attached hydrogens (tertiary/aromatic N) is 1. The van der Waals surface area contributed by atoms with Gasteiger partial charge in [0, 0.05) is 32.2 Å². The van der Waals surface area contributed by atoms with Gasteiger partial charge < -0.3 is 15.0 Å². The summed E-state index contributed by atoms with van der Waals surface area (Å²) in [5, 5.41) is 3.08. The Bertz CT molecular complexity index is 603. The van der Waals surface area contributed by atoms with E-state index in [2.05, 4.69) is 24.4 Å². The van der Waals surface area contributed by atoms with Gasteiger partial charge in [-0.15, -0.1) is 0 Å². The van der Waals surface area contributed by atoms with Crippen molar-refractivity contribution < 1.29 is 14.3 Å². The Labute approximate surface area is 149 Å². The van der Waals surface area contributed by atoms with E-state index in [-0.39, 0.29) is 24.0 Å². The third-order valence-electron chi connectivity index (χ3n) is 5.29. The van der Waals surface area contributed by atoms with Crippen LogP contribution in [0.1, 0.15) is 43.2 Å². The molecule has 2 heterocycles. The van der Waals surface area contributed by atoms with Crippen LogP contribution in [0.15, 0.2) is 24.3 Å². The maximum absolute atomic E-state index is 12.4. The van der Waals surface area contributed by atoms with E-state index in [9.17, 15) is 9.59 Å². The average molecular weight is 344 g/mol. The smallest absolute Gasteiger partial charge is 0.249 e. The Hall–Kier alpha value is -1.88. The fourth-order valence-corrected chi connectivity index (χ4v) is 3.64. The van der Waals surface area contributed by atoms with E-state index in [1.54, 1.807) is 0 Å². The van der Waals surface area contributed by atoms with Crippen molar-refractivity contribution in [2.75, 3.05) is 19.7 Å². The first kappa shape index (κ1) is 17.9. The number of hydrogen-bond donors (Lipinski definition) is 1. The van der Waals surface area contributed by atoms with Crippen LogP contribution in [0.3, 0.4) is 0 Å². The molecule has 5 nitrogen and oxygen atoms in total. The molecule has 3 rings (SSSR count). The van der Waals surface area contributed by atoms with E-state index in [1.807, 2.05) is 17.0 Å². The molecule has 5 heteroatoms. The monoisotopic (exact) mass is 344 g/mol. The van der Waals surface area contributed by atoms with Crippen molar-refractivity contribution in [3.8, 4) is 0 Å². The Kier molecular flexibility index (Phi) is 6.08. The molecule has 0 aromatic heterocycles. The third-order valence-corrected chi connectivity index (χ3v) is 5.29. The number of amides is 2. The molecule has 2 fully saturated rings. The summed E-state index contributed by atoms with van der Waals surface area (Å²) in [5.41, 5.74) is 2.49. The summed E-state index contributed by atoms with van der Waals surface area (Å²) in [4.78, 5) is 26.5. The zero-order chi connectivity index (χ0) is 17.6. The fraction of sp³-hybridized carbons (Fsp3) is 0.600. The van der Waals surface area contributed by atoms with E-state index in [1.165, 1.54) is 11.1 Å². The molecule has 2 amide bonds. The summed E-state index contributed by atoms with van der Waals surface area (Å²) in [6.07, 6.45) is 4.52.